The molecule has 0 spiro atoms. The number of oxazole rings is 1. The molecule has 0 aliphatic rings. The van der Waals surface area contributed by atoms with Crippen molar-refractivity contribution >= 4 is 0 Å². The highest BCUT2D eigenvalue weighted by Gasteiger charge is 2.08. The van der Waals surface area contributed by atoms with Crippen molar-refractivity contribution in [1.82, 2.24) is 10.3 Å². The Morgan fingerprint density at radius 1 is 1.42 bits per heavy atom. The van der Waals surface area contributed by atoms with E-state index in [9.17, 15) is 0 Å². The Hall–Kier alpha value is -1.81. The van der Waals surface area contributed by atoms with Gasteiger partial charge in [0, 0.05) is 12.5 Å². The first-order valence-corrected chi connectivity index (χ1v) is 6.53. The Kier molecular flexibility index (Phi) is 4.58. The van der Waals surface area contributed by atoms with Crippen LogP contribution < -0.4 is 10.1 Å². The molecule has 0 amide bonds. The van der Waals surface area contributed by atoms with Crippen LogP contribution in [-0.2, 0) is 13.0 Å². The molecule has 0 saturated heterocycles. The zero-order valence-corrected chi connectivity index (χ0v) is 11.6. The maximum absolute atomic E-state index is 5.57. The molecule has 1 aromatic heterocycles. The van der Waals surface area contributed by atoms with Crippen LogP contribution in [0.3, 0.4) is 0 Å². The molecular formula is C15H20N2O2. The third-order valence-electron chi connectivity index (χ3n) is 3.10. The first-order chi connectivity index (χ1) is 9.22. The molecule has 1 heterocycles. The van der Waals surface area contributed by atoms with Gasteiger partial charge in [-0.25, -0.2) is 4.98 Å². The standard InChI is InChI=1S/C15H20N2O2/c1-4-13-9-17-15(19-13)10-16-11(2)12-6-5-7-14(8-12)18-3/h5-9,11,16H,4,10H2,1-3H3. The van der Waals surface area contributed by atoms with Crippen LogP contribution in [-0.4, -0.2) is 12.1 Å². The highest BCUT2D eigenvalue weighted by Crippen LogP contribution is 2.19. The zero-order chi connectivity index (χ0) is 13.7. The highest BCUT2D eigenvalue weighted by atomic mass is 16.5. The lowest BCUT2D eigenvalue weighted by atomic mass is 10.1. The third kappa shape index (κ3) is 3.58. The van der Waals surface area contributed by atoms with Crippen molar-refractivity contribution in [2.45, 2.75) is 32.9 Å². The molecule has 0 aliphatic carbocycles. The number of methoxy groups -OCH3 is 1. The number of hydrogen-bond donors (Lipinski definition) is 1. The van der Waals surface area contributed by atoms with Gasteiger partial charge < -0.3 is 14.5 Å². The van der Waals surface area contributed by atoms with Crippen LogP contribution in [0.25, 0.3) is 0 Å². The van der Waals surface area contributed by atoms with Crippen LogP contribution in [0.2, 0.25) is 0 Å². The normalized spacial score (nSPS) is 12.4. The van der Waals surface area contributed by atoms with Crippen LogP contribution in [0.15, 0.2) is 34.9 Å². The molecule has 0 fully saturated rings. The number of aromatic nitrogens is 1. The van der Waals surface area contributed by atoms with Crippen LogP contribution in [0, 0.1) is 0 Å². The minimum absolute atomic E-state index is 0.215. The largest absolute Gasteiger partial charge is 0.497 e. The molecule has 4 heteroatoms. The molecule has 19 heavy (non-hydrogen) atoms. The van der Waals surface area contributed by atoms with Gasteiger partial charge in [-0.05, 0) is 24.6 Å². The fraction of sp³-hybridized carbons (Fsp3) is 0.400. The monoisotopic (exact) mass is 260 g/mol. The number of nitrogens with zero attached hydrogens (tertiary/aromatic N) is 1. The van der Waals surface area contributed by atoms with E-state index in [4.69, 9.17) is 9.15 Å². The van der Waals surface area contributed by atoms with Crippen molar-refractivity contribution in [3.05, 3.63) is 47.7 Å². The van der Waals surface area contributed by atoms with Crippen molar-refractivity contribution in [2.75, 3.05) is 7.11 Å². The van der Waals surface area contributed by atoms with E-state index in [-0.39, 0.29) is 6.04 Å². The molecule has 0 radical (unpaired) electrons. The van der Waals surface area contributed by atoms with Crippen LogP contribution in [0.5, 0.6) is 5.75 Å². The summed E-state index contributed by atoms with van der Waals surface area (Å²) in [6.45, 7) is 4.79. The van der Waals surface area contributed by atoms with Crippen molar-refractivity contribution in [3.63, 3.8) is 0 Å². The molecule has 1 unspecified atom stereocenters. The molecule has 4 nitrogen and oxygen atoms in total. The van der Waals surface area contributed by atoms with Gasteiger partial charge in [-0.3, -0.25) is 0 Å². The van der Waals surface area contributed by atoms with Gasteiger partial charge in [0.1, 0.15) is 11.5 Å². The van der Waals surface area contributed by atoms with E-state index in [2.05, 4.69) is 30.2 Å². The Morgan fingerprint density at radius 2 is 2.26 bits per heavy atom. The number of ether oxygens (including phenoxy) is 1. The van der Waals surface area contributed by atoms with Gasteiger partial charge in [-0.2, -0.15) is 0 Å². The molecule has 0 aliphatic heterocycles. The van der Waals surface area contributed by atoms with Gasteiger partial charge in [-0.1, -0.05) is 19.1 Å². The summed E-state index contributed by atoms with van der Waals surface area (Å²) in [5, 5.41) is 3.39. The molecule has 1 aromatic carbocycles. The van der Waals surface area contributed by atoms with E-state index in [0.29, 0.717) is 6.54 Å². The predicted molar refractivity (Wildman–Crippen MR) is 74.1 cm³/mol. The Balaban J connectivity index is 1.94. The summed E-state index contributed by atoms with van der Waals surface area (Å²) in [5.41, 5.74) is 1.18. The Morgan fingerprint density at radius 3 is 2.95 bits per heavy atom. The van der Waals surface area contributed by atoms with E-state index in [1.165, 1.54) is 5.56 Å². The zero-order valence-electron chi connectivity index (χ0n) is 11.6. The predicted octanol–water partition coefficient (Wildman–Crippen LogP) is 3.10. The van der Waals surface area contributed by atoms with E-state index < -0.39 is 0 Å². The van der Waals surface area contributed by atoms with E-state index in [0.717, 1.165) is 23.8 Å². The highest BCUT2D eigenvalue weighted by molar-refractivity contribution is 5.30. The summed E-state index contributed by atoms with van der Waals surface area (Å²) < 4.78 is 10.8. The SMILES string of the molecule is CCc1cnc(CNC(C)c2cccc(OC)c2)o1. The minimum Gasteiger partial charge on any atom is -0.497 e. The Bertz CT molecular complexity index is 522. The molecule has 0 saturated carbocycles. The topological polar surface area (TPSA) is 47.3 Å². The summed E-state index contributed by atoms with van der Waals surface area (Å²) in [6.07, 6.45) is 2.66. The first kappa shape index (κ1) is 13.6. The van der Waals surface area contributed by atoms with E-state index in [1.807, 2.05) is 18.2 Å². The fourth-order valence-electron chi connectivity index (χ4n) is 1.86. The maximum atomic E-state index is 5.57. The number of rotatable bonds is 6. The van der Waals surface area contributed by atoms with Crippen LogP contribution >= 0.6 is 0 Å². The smallest absolute Gasteiger partial charge is 0.208 e. The second kappa shape index (κ2) is 6.38. The number of nitrogens with one attached hydrogen (secondary N) is 1. The molecule has 0 bridgehead atoms. The summed E-state index contributed by atoms with van der Waals surface area (Å²) in [4.78, 5) is 4.23. The van der Waals surface area contributed by atoms with Gasteiger partial charge in [0.05, 0.1) is 19.9 Å². The van der Waals surface area contributed by atoms with Crippen LogP contribution in [0.4, 0.5) is 0 Å². The van der Waals surface area contributed by atoms with Crippen molar-refractivity contribution in [3.8, 4) is 5.75 Å². The summed E-state index contributed by atoms with van der Waals surface area (Å²) in [7, 11) is 1.68. The van der Waals surface area contributed by atoms with E-state index in [1.54, 1.807) is 13.3 Å². The number of benzene rings is 1. The summed E-state index contributed by atoms with van der Waals surface area (Å²) in [5.74, 6) is 2.52. The van der Waals surface area contributed by atoms with Crippen molar-refractivity contribution in [2.24, 2.45) is 0 Å². The Labute approximate surface area is 113 Å². The average molecular weight is 260 g/mol. The minimum atomic E-state index is 0.215. The number of hydrogen-bond acceptors (Lipinski definition) is 4. The first-order valence-electron chi connectivity index (χ1n) is 6.53. The van der Waals surface area contributed by atoms with Gasteiger partial charge in [-0.15, -0.1) is 0 Å². The van der Waals surface area contributed by atoms with Crippen molar-refractivity contribution in [1.29, 1.82) is 0 Å². The molecule has 1 N–H and O–H groups in total. The molecule has 2 aromatic rings. The van der Waals surface area contributed by atoms with E-state index >= 15 is 0 Å². The maximum Gasteiger partial charge on any atom is 0.208 e. The van der Waals surface area contributed by atoms with Gasteiger partial charge in [0.25, 0.3) is 0 Å². The molecule has 2 rings (SSSR count). The quantitative estimate of drug-likeness (QED) is 0.867. The van der Waals surface area contributed by atoms with Crippen LogP contribution in [0.1, 0.15) is 37.1 Å². The van der Waals surface area contributed by atoms with Gasteiger partial charge >= 0.3 is 0 Å². The molecule has 102 valence electrons. The van der Waals surface area contributed by atoms with Gasteiger partial charge in [0.2, 0.25) is 5.89 Å². The lowest BCUT2D eigenvalue weighted by Crippen LogP contribution is -2.18. The van der Waals surface area contributed by atoms with Crippen molar-refractivity contribution < 1.29 is 9.15 Å². The average Bonchev–Trinajstić information content (AvgIpc) is 2.93. The number of aryl methyl sites for hydroxylation is 1. The summed E-state index contributed by atoms with van der Waals surface area (Å²) in [6, 6.07) is 8.26. The lowest BCUT2D eigenvalue weighted by molar-refractivity contribution is 0.410. The third-order valence-corrected chi connectivity index (χ3v) is 3.10. The summed E-state index contributed by atoms with van der Waals surface area (Å²) >= 11 is 0. The second-order valence-electron chi connectivity index (χ2n) is 4.45. The van der Waals surface area contributed by atoms with Gasteiger partial charge in [0.15, 0.2) is 0 Å². The lowest BCUT2D eigenvalue weighted by Gasteiger charge is -2.13. The fourth-order valence-corrected chi connectivity index (χ4v) is 1.86. The second-order valence-corrected chi connectivity index (χ2v) is 4.45. The molecule has 1 atom stereocenters. The molecular weight excluding hydrogens is 240 g/mol.